The minimum atomic E-state index is 1.13. The predicted octanol–water partition coefficient (Wildman–Crippen LogP) is 15.4. The van der Waals surface area contributed by atoms with Crippen molar-refractivity contribution in [1.82, 2.24) is 4.57 Å². The smallest absolute Gasteiger partial charge is 0.0619 e. The van der Waals surface area contributed by atoms with Crippen LogP contribution in [0.3, 0.4) is 0 Å². The third-order valence-electron chi connectivity index (χ3n) is 11.6. The molecule has 0 aliphatic carbocycles. The summed E-state index contributed by atoms with van der Waals surface area (Å²) in [6.07, 6.45) is 0. The van der Waals surface area contributed by atoms with Crippen LogP contribution >= 0.6 is 0 Å². The first-order valence-electron chi connectivity index (χ1n) is 19.7. The molecule has 0 unspecified atom stereocenters. The second kappa shape index (κ2) is 13.7. The molecule has 0 saturated heterocycles. The Morgan fingerprint density at radius 2 is 0.614 bits per heavy atom. The van der Waals surface area contributed by atoms with Gasteiger partial charge in [-0.2, -0.15) is 0 Å². The van der Waals surface area contributed by atoms with Crippen LogP contribution in [0.4, 0.5) is 0 Å². The van der Waals surface area contributed by atoms with Crippen LogP contribution in [0.2, 0.25) is 0 Å². The quantitative estimate of drug-likeness (QED) is 0.151. The molecular formula is C56H37N. The lowest BCUT2D eigenvalue weighted by Crippen LogP contribution is -1.97. The number of para-hydroxylation sites is 2. The monoisotopic (exact) mass is 723 g/mol. The van der Waals surface area contributed by atoms with E-state index in [0.29, 0.717) is 0 Å². The molecule has 0 fully saturated rings. The maximum Gasteiger partial charge on any atom is 0.0619 e. The van der Waals surface area contributed by atoms with Crippen molar-refractivity contribution < 1.29 is 0 Å². The third kappa shape index (κ3) is 5.47. The highest BCUT2D eigenvalue weighted by Crippen LogP contribution is 2.46. The molecule has 1 heterocycles. The highest BCUT2D eigenvalue weighted by molar-refractivity contribution is 6.22. The molecule has 0 atom stereocenters. The van der Waals surface area contributed by atoms with E-state index >= 15 is 0 Å². The average molecular weight is 724 g/mol. The van der Waals surface area contributed by atoms with Gasteiger partial charge in [-0.3, -0.25) is 0 Å². The van der Waals surface area contributed by atoms with Crippen LogP contribution < -0.4 is 0 Å². The van der Waals surface area contributed by atoms with E-state index in [1.807, 2.05) is 0 Å². The number of aromatic nitrogens is 1. The first-order valence-corrected chi connectivity index (χ1v) is 19.7. The van der Waals surface area contributed by atoms with Crippen molar-refractivity contribution >= 4 is 43.4 Å². The van der Waals surface area contributed by atoms with E-state index in [-0.39, 0.29) is 0 Å². The van der Waals surface area contributed by atoms with Gasteiger partial charge in [0.25, 0.3) is 0 Å². The molecule has 1 aromatic heterocycles. The fourth-order valence-corrected chi connectivity index (χ4v) is 9.07. The Morgan fingerprint density at radius 3 is 1.14 bits per heavy atom. The summed E-state index contributed by atoms with van der Waals surface area (Å²) in [4.78, 5) is 0. The molecule has 11 aromatic rings. The van der Waals surface area contributed by atoms with Gasteiger partial charge in [-0.15, -0.1) is 0 Å². The molecule has 10 aromatic carbocycles. The zero-order valence-electron chi connectivity index (χ0n) is 31.3. The van der Waals surface area contributed by atoms with Gasteiger partial charge in [0, 0.05) is 27.6 Å². The summed E-state index contributed by atoms with van der Waals surface area (Å²) in [5.41, 5.74) is 15.8. The average Bonchev–Trinajstić information content (AvgIpc) is 3.64. The number of rotatable bonds is 6. The summed E-state index contributed by atoms with van der Waals surface area (Å²) in [5, 5.41) is 7.49. The fourth-order valence-electron chi connectivity index (χ4n) is 9.07. The lowest BCUT2D eigenvalue weighted by molar-refractivity contribution is 1.18. The Hall–Kier alpha value is -7.48. The number of benzene rings is 10. The van der Waals surface area contributed by atoms with Crippen molar-refractivity contribution in [3.63, 3.8) is 0 Å². The Labute approximate surface area is 332 Å². The van der Waals surface area contributed by atoms with Crippen LogP contribution in [0.25, 0.3) is 105 Å². The molecule has 1 nitrogen and oxygen atoms in total. The van der Waals surface area contributed by atoms with Gasteiger partial charge >= 0.3 is 0 Å². The van der Waals surface area contributed by atoms with Gasteiger partial charge in [0.15, 0.2) is 0 Å². The first kappa shape index (κ1) is 32.9. The molecule has 11 rings (SSSR count). The van der Waals surface area contributed by atoms with Crippen LogP contribution in [-0.4, -0.2) is 4.57 Å². The maximum atomic E-state index is 2.50. The van der Waals surface area contributed by atoms with Crippen molar-refractivity contribution in [2.45, 2.75) is 0 Å². The van der Waals surface area contributed by atoms with E-state index in [4.69, 9.17) is 0 Å². The number of fused-ring (bicyclic) bond motifs is 5. The highest BCUT2D eigenvalue weighted by atomic mass is 15.0. The summed E-state index contributed by atoms with van der Waals surface area (Å²) in [6, 6.07) is 81.9. The lowest BCUT2D eigenvalue weighted by atomic mass is 9.85. The summed E-state index contributed by atoms with van der Waals surface area (Å²) < 4.78 is 2.50. The predicted molar refractivity (Wildman–Crippen MR) is 243 cm³/mol. The van der Waals surface area contributed by atoms with Crippen molar-refractivity contribution in [1.29, 1.82) is 0 Å². The molecule has 1 heteroatoms. The number of nitrogens with zero attached hydrogens (tertiary/aromatic N) is 1. The molecule has 0 spiro atoms. The molecule has 0 bridgehead atoms. The molecule has 0 amide bonds. The van der Waals surface area contributed by atoms with Gasteiger partial charge in [0.1, 0.15) is 0 Å². The van der Waals surface area contributed by atoms with Crippen molar-refractivity contribution in [3.8, 4) is 61.3 Å². The number of hydrogen-bond acceptors (Lipinski definition) is 0. The Morgan fingerprint density at radius 1 is 0.228 bits per heavy atom. The highest BCUT2D eigenvalue weighted by Gasteiger charge is 2.21. The Bertz CT molecular complexity index is 3140. The van der Waals surface area contributed by atoms with Crippen LogP contribution in [0.5, 0.6) is 0 Å². The van der Waals surface area contributed by atoms with E-state index in [0.717, 1.165) is 5.69 Å². The third-order valence-corrected chi connectivity index (χ3v) is 11.6. The zero-order valence-corrected chi connectivity index (χ0v) is 31.3. The summed E-state index contributed by atoms with van der Waals surface area (Å²) in [5.74, 6) is 0. The molecule has 0 aliphatic heterocycles. The van der Waals surface area contributed by atoms with Crippen LogP contribution in [0, 0.1) is 0 Å². The SMILES string of the molecule is c1ccc(-c2ccc3c(-c4ccc(-n5c6c(-c7ccccc7)cccc6c6cccc(-c7ccccc7)c65)cc4)c4ccccc4c(-c4ccccc4)c3c2)cc1. The number of hydrogen-bond donors (Lipinski definition) is 0. The first-order chi connectivity index (χ1) is 28.3. The van der Waals surface area contributed by atoms with E-state index < -0.39 is 0 Å². The molecular weight excluding hydrogens is 687 g/mol. The fraction of sp³-hybridized carbons (Fsp3) is 0. The normalized spacial score (nSPS) is 11.5. The second-order valence-corrected chi connectivity index (χ2v) is 14.8. The molecule has 0 N–H and O–H groups in total. The summed E-state index contributed by atoms with van der Waals surface area (Å²) in [6.45, 7) is 0. The van der Waals surface area contributed by atoms with Crippen molar-refractivity contribution in [3.05, 3.63) is 224 Å². The minimum Gasteiger partial charge on any atom is -0.308 e. The zero-order chi connectivity index (χ0) is 37.7. The minimum absolute atomic E-state index is 1.13. The van der Waals surface area contributed by atoms with Crippen LogP contribution in [-0.2, 0) is 0 Å². The summed E-state index contributed by atoms with van der Waals surface area (Å²) >= 11 is 0. The van der Waals surface area contributed by atoms with E-state index in [2.05, 4.69) is 229 Å². The molecule has 57 heavy (non-hydrogen) atoms. The largest absolute Gasteiger partial charge is 0.308 e. The standard InChI is InChI=1S/C56H37N/c1-5-17-38(18-6-1)43-33-36-49-52(37-43)54(41-23-11-4-12-24-41)48-26-14-13-25-47(48)53(49)42-31-34-44(35-32-42)57-55-45(39-19-7-2-8-20-39)27-15-29-50(55)51-30-16-28-46(56(51)57)40-21-9-3-10-22-40/h1-37H. The van der Waals surface area contributed by atoms with Crippen LogP contribution in [0.15, 0.2) is 224 Å². The molecule has 266 valence electrons. The molecule has 0 saturated carbocycles. The van der Waals surface area contributed by atoms with Gasteiger partial charge in [-0.25, -0.2) is 0 Å². The maximum absolute atomic E-state index is 2.50. The van der Waals surface area contributed by atoms with E-state index in [9.17, 15) is 0 Å². The van der Waals surface area contributed by atoms with Crippen LogP contribution in [0.1, 0.15) is 0 Å². The van der Waals surface area contributed by atoms with Gasteiger partial charge in [0.05, 0.1) is 11.0 Å². The topological polar surface area (TPSA) is 4.93 Å². The van der Waals surface area contributed by atoms with Gasteiger partial charge in [-0.1, -0.05) is 206 Å². The Balaban J connectivity index is 1.18. The second-order valence-electron chi connectivity index (χ2n) is 14.8. The lowest BCUT2D eigenvalue weighted by Gasteiger charge is -2.19. The van der Waals surface area contributed by atoms with Crippen molar-refractivity contribution in [2.75, 3.05) is 0 Å². The van der Waals surface area contributed by atoms with Gasteiger partial charge in [-0.05, 0) is 84.3 Å². The molecule has 0 aliphatic rings. The van der Waals surface area contributed by atoms with Gasteiger partial charge in [0.2, 0.25) is 0 Å². The Kier molecular flexibility index (Phi) is 7.89. The van der Waals surface area contributed by atoms with E-state index in [1.165, 1.54) is 99.0 Å². The van der Waals surface area contributed by atoms with Crippen molar-refractivity contribution in [2.24, 2.45) is 0 Å². The van der Waals surface area contributed by atoms with Gasteiger partial charge < -0.3 is 4.57 Å². The molecule has 0 radical (unpaired) electrons. The summed E-state index contributed by atoms with van der Waals surface area (Å²) in [7, 11) is 0. The van der Waals surface area contributed by atoms with E-state index in [1.54, 1.807) is 0 Å².